The van der Waals surface area contributed by atoms with E-state index in [2.05, 4.69) is 13.8 Å². The van der Waals surface area contributed by atoms with Crippen molar-refractivity contribution in [3.05, 3.63) is 35.9 Å². The summed E-state index contributed by atoms with van der Waals surface area (Å²) >= 11 is 0. The van der Waals surface area contributed by atoms with Crippen LogP contribution in [0.25, 0.3) is 0 Å². The van der Waals surface area contributed by atoms with Crippen LogP contribution in [0.15, 0.2) is 30.3 Å². The fourth-order valence-corrected chi connectivity index (χ4v) is 1.64. The van der Waals surface area contributed by atoms with Gasteiger partial charge in [0.2, 0.25) is 5.91 Å². The molecule has 2 heteroatoms. The monoisotopic (exact) mass is 189 g/mol. The first-order valence-electron chi connectivity index (χ1n) is 4.94. The summed E-state index contributed by atoms with van der Waals surface area (Å²) < 4.78 is 0. The van der Waals surface area contributed by atoms with E-state index >= 15 is 0 Å². The van der Waals surface area contributed by atoms with Gasteiger partial charge < -0.3 is 4.90 Å². The lowest BCUT2D eigenvalue weighted by atomic mass is 10.1. The van der Waals surface area contributed by atoms with Gasteiger partial charge >= 0.3 is 0 Å². The van der Waals surface area contributed by atoms with Gasteiger partial charge in [0.15, 0.2) is 0 Å². The van der Waals surface area contributed by atoms with Crippen molar-refractivity contribution in [1.29, 1.82) is 0 Å². The molecule has 1 aromatic rings. The molecule has 2 nitrogen and oxygen atoms in total. The van der Waals surface area contributed by atoms with Gasteiger partial charge in [0.05, 0.1) is 12.0 Å². The lowest BCUT2D eigenvalue weighted by molar-refractivity contribution is -0.126. The Morgan fingerprint density at radius 3 is 2.43 bits per heavy atom. The Kier molecular flexibility index (Phi) is 2.06. The number of hydrogen-bond acceptors (Lipinski definition) is 1. The van der Waals surface area contributed by atoms with E-state index < -0.39 is 0 Å². The predicted molar refractivity (Wildman–Crippen MR) is 55.9 cm³/mol. The van der Waals surface area contributed by atoms with Gasteiger partial charge in [-0.3, -0.25) is 4.79 Å². The Hall–Kier alpha value is -1.31. The zero-order valence-electron chi connectivity index (χ0n) is 8.66. The quantitative estimate of drug-likeness (QED) is 0.650. The molecule has 0 saturated carbocycles. The van der Waals surface area contributed by atoms with Crippen LogP contribution in [0.3, 0.4) is 0 Å². The topological polar surface area (TPSA) is 20.1 Å². The van der Waals surface area contributed by atoms with Crippen molar-refractivity contribution < 1.29 is 4.79 Å². The molecule has 0 aliphatic carbocycles. The number of amides is 1. The highest BCUT2D eigenvalue weighted by Crippen LogP contribution is 2.31. The van der Waals surface area contributed by atoms with Gasteiger partial charge in [0, 0.05) is 6.54 Å². The molecule has 1 heterocycles. The summed E-state index contributed by atoms with van der Waals surface area (Å²) in [5.41, 5.74) is 1.20. The Balaban J connectivity index is 1.97. The van der Waals surface area contributed by atoms with Crippen molar-refractivity contribution in [3.63, 3.8) is 0 Å². The van der Waals surface area contributed by atoms with Crippen molar-refractivity contribution in [2.75, 3.05) is 6.54 Å². The molecule has 1 amide bonds. The van der Waals surface area contributed by atoms with Gasteiger partial charge in [-0.1, -0.05) is 30.3 Å². The molecule has 0 atom stereocenters. The molecule has 0 N–H and O–H groups in total. The number of hydrogen-bond donors (Lipinski definition) is 0. The minimum Gasteiger partial charge on any atom is -0.333 e. The second kappa shape index (κ2) is 3.12. The third-order valence-electron chi connectivity index (χ3n) is 2.67. The minimum absolute atomic E-state index is 0.103. The molecular formula is C12H15NO. The van der Waals surface area contributed by atoms with E-state index in [1.54, 1.807) is 0 Å². The summed E-state index contributed by atoms with van der Waals surface area (Å²) in [7, 11) is 0. The van der Waals surface area contributed by atoms with Crippen LogP contribution >= 0.6 is 0 Å². The van der Waals surface area contributed by atoms with E-state index in [9.17, 15) is 4.79 Å². The molecule has 0 aromatic heterocycles. The van der Waals surface area contributed by atoms with E-state index in [-0.39, 0.29) is 11.4 Å². The maximum atomic E-state index is 11.7. The van der Waals surface area contributed by atoms with Gasteiger partial charge in [-0.15, -0.1) is 0 Å². The first-order chi connectivity index (χ1) is 6.59. The molecule has 0 unspecified atom stereocenters. The van der Waals surface area contributed by atoms with Crippen LogP contribution in [0, 0.1) is 0 Å². The molecule has 1 aliphatic rings. The molecule has 1 fully saturated rings. The minimum atomic E-state index is 0.103. The standard InChI is InChI=1S/C12H15NO/c1-12(2)9-13(12)11(14)8-10-6-4-3-5-7-10/h3-7H,8-9H2,1-2H3. The van der Waals surface area contributed by atoms with Crippen LogP contribution in [0.4, 0.5) is 0 Å². The van der Waals surface area contributed by atoms with Crippen molar-refractivity contribution in [2.24, 2.45) is 0 Å². The summed E-state index contributed by atoms with van der Waals surface area (Å²) in [6.07, 6.45) is 0.532. The van der Waals surface area contributed by atoms with Gasteiger partial charge in [0.25, 0.3) is 0 Å². The van der Waals surface area contributed by atoms with Gasteiger partial charge in [0.1, 0.15) is 0 Å². The van der Waals surface area contributed by atoms with Crippen LogP contribution in [0.1, 0.15) is 19.4 Å². The molecule has 0 radical (unpaired) electrons. The second-order valence-corrected chi connectivity index (χ2v) is 4.45. The maximum Gasteiger partial charge on any atom is 0.227 e. The molecule has 0 spiro atoms. The Bertz CT molecular complexity index is 343. The summed E-state index contributed by atoms with van der Waals surface area (Å²) in [6.45, 7) is 5.09. The fourth-order valence-electron chi connectivity index (χ4n) is 1.64. The van der Waals surface area contributed by atoms with Gasteiger partial charge in [-0.25, -0.2) is 0 Å². The maximum absolute atomic E-state index is 11.7. The zero-order chi connectivity index (χ0) is 10.2. The molecule has 2 rings (SSSR count). The largest absolute Gasteiger partial charge is 0.333 e. The Labute approximate surface area is 84.5 Å². The normalized spacial score (nSPS) is 18.0. The number of rotatable bonds is 2. The van der Waals surface area contributed by atoms with Crippen LogP contribution in [0.5, 0.6) is 0 Å². The lowest BCUT2D eigenvalue weighted by Crippen LogP contribution is -2.19. The first kappa shape index (κ1) is 9.25. The van der Waals surface area contributed by atoms with Crippen molar-refractivity contribution in [2.45, 2.75) is 25.8 Å². The summed E-state index contributed by atoms with van der Waals surface area (Å²) in [5.74, 6) is 0.237. The molecule has 74 valence electrons. The van der Waals surface area contributed by atoms with Crippen molar-refractivity contribution >= 4 is 5.91 Å². The third-order valence-corrected chi connectivity index (χ3v) is 2.67. The third kappa shape index (κ3) is 1.79. The summed E-state index contributed by atoms with van der Waals surface area (Å²) in [4.78, 5) is 13.6. The molecule has 1 saturated heterocycles. The van der Waals surface area contributed by atoms with Gasteiger partial charge in [-0.2, -0.15) is 0 Å². The van der Waals surface area contributed by atoms with Crippen LogP contribution in [0.2, 0.25) is 0 Å². The van der Waals surface area contributed by atoms with E-state index in [4.69, 9.17) is 0 Å². The van der Waals surface area contributed by atoms with E-state index in [1.165, 1.54) is 0 Å². The molecular weight excluding hydrogens is 174 g/mol. The van der Waals surface area contributed by atoms with Crippen molar-refractivity contribution in [1.82, 2.24) is 4.90 Å². The molecule has 14 heavy (non-hydrogen) atoms. The summed E-state index contributed by atoms with van der Waals surface area (Å²) in [6, 6.07) is 9.89. The summed E-state index contributed by atoms with van der Waals surface area (Å²) in [5, 5.41) is 0. The van der Waals surface area contributed by atoms with Crippen LogP contribution < -0.4 is 0 Å². The Morgan fingerprint density at radius 2 is 1.93 bits per heavy atom. The highest BCUT2D eigenvalue weighted by molar-refractivity contribution is 5.82. The van der Waals surface area contributed by atoms with Gasteiger partial charge in [-0.05, 0) is 19.4 Å². The van der Waals surface area contributed by atoms with Crippen LogP contribution in [-0.2, 0) is 11.2 Å². The predicted octanol–water partition coefficient (Wildman–Crippen LogP) is 1.85. The lowest BCUT2D eigenvalue weighted by Gasteiger charge is -2.06. The first-order valence-corrected chi connectivity index (χ1v) is 4.94. The smallest absolute Gasteiger partial charge is 0.227 e. The Morgan fingerprint density at radius 1 is 1.36 bits per heavy atom. The average Bonchev–Trinajstić information content (AvgIpc) is 2.77. The van der Waals surface area contributed by atoms with Crippen molar-refractivity contribution in [3.8, 4) is 0 Å². The van der Waals surface area contributed by atoms with E-state index in [0.29, 0.717) is 6.42 Å². The number of benzene rings is 1. The van der Waals surface area contributed by atoms with Crippen LogP contribution in [-0.4, -0.2) is 22.9 Å². The number of nitrogens with zero attached hydrogens (tertiary/aromatic N) is 1. The SMILES string of the molecule is CC1(C)CN1C(=O)Cc1ccccc1. The highest BCUT2D eigenvalue weighted by atomic mass is 16.2. The molecule has 1 aliphatic heterocycles. The highest BCUT2D eigenvalue weighted by Gasteiger charge is 2.45. The van der Waals surface area contributed by atoms with E-state index in [1.807, 2.05) is 35.2 Å². The van der Waals surface area contributed by atoms with E-state index in [0.717, 1.165) is 12.1 Å². The number of carbonyl (C=O) groups excluding carboxylic acids is 1. The molecule has 0 bridgehead atoms. The second-order valence-electron chi connectivity index (χ2n) is 4.45. The number of carbonyl (C=O) groups is 1. The fraction of sp³-hybridized carbons (Fsp3) is 0.417. The zero-order valence-corrected chi connectivity index (χ0v) is 8.66. The molecule has 1 aromatic carbocycles. The average molecular weight is 189 g/mol.